The van der Waals surface area contributed by atoms with Crippen molar-refractivity contribution in [3.63, 3.8) is 0 Å². The quantitative estimate of drug-likeness (QED) is 0.450. The molecular weight excluding hydrogens is 417 g/mol. The molecule has 0 spiro atoms. The molecule has 0 aromatic heterocycles. The molecule has 0 fully saturated rings. The number of hydrogen-bond acceptors (Lipinski definition) is 2. The van der Waals surface area contributed by atoms with Gasteiger partial charge in [0.25, 0.3) is 5.91 Å². The number of methoxy groups -OCH3 is 1. The van der Waals surface area contributed by atoms with E-state index in [1.165, 1.54) is 0 Å². The van der Waals surface area contributed by atoms with Crippen molar-refractivity contribution >= 4 is 29.1 Å². The molecule has 3 aromatic carbocycles. The zero-order valence-electron chi connectivity index (χ0n) is 17.0. The molecule has 0 radical (unpaired) electrons. The second-order valence-corrected chi connectivity index (χ2v) is 8.19. The number of nitrogens with one attached hydrogen (secondary N) is 1. The van der Waals surface area contributed by atoms with E-state index in [4.69, 9.17) is 27.9 Å². The summed E-state index contributed by atoms with van der Waals surface area (Å²) in [5.74, 6) is -0.105. The number of halogens is 2. The Kier molecular flexibility index (Phi) is 7.92. The van der Waals surface area contributed by atoms with E-state index in [1.807, 2.05) is 85.8 Å². The van der Waals surface area contributed by atoms with E-state index in [0.29, 0.717) is 10.0 Å². The van der Waals surface area contributed by atoms with Gasteiger partial charge in [-0.05, 0) is 54.3 Å². The largest absolute Gasteiger partial charge is 0.367 e. The van der Waals surface area contributed by atoms with Gasteiger partial charge in [-0.1, -0.05) is 77.8 Å². The fourth-order valence-corrected chi connectivity index (χ4v) is 3.84. The minimum absolute atomic E-state index is 0.0562. The second kappa shape index (κ2) is 10.6. The molecule has 1 N–H and O–H groups in total. The predicted molar refractivity (Wildman–Crippen MR) is 123 cm³/mol. The lowest BCUT2D eigenvalue weighted by molar-refractivity contribution is -0.132. The van der Waals surface area contributed by atoms with E-state index in [9.17, 15) is 4.79 Å². The third kappa shape index (κ3) is 5.85. The Hall–Kier alpha value is -2.33. The van der Waals surface area contributed by atoms with Crippen LogP contribution in [-0.2, 0) is 16.0 Å². The van der Waals surface area contributed by atoms with Crippen molar-refractivity contribution in [3.05, 3.63) is 106 Å². The monoisotopic (exact) mass is 441 g/mol. The lowest BCUT2D eigenvalue weighted by atomic mass is 9.86. The zero-order valence-corrected chi connectivity index (χ0v) is 18.5. The average molecular weight is 442 g/mol. The van der Waals surface area contributed by atoms with Crippen molar-refractivity contribution in [2.45, 2.75) is 31.4 Å². The average Bonchev–Trinajstić information content (AvgIpc) is 2.75. The molecule has 0 bridgehead atoms. The number of carbonyl (C=O) groups is 1. The van der Waals surface area contributed by atoms with Gasteiger partial charge >= 0.3 is 0 Å². The van der Waals surface area contributed by atoms with E-state index in [1.54, 1.807) is 7.11 Å². The van der Waals surface area contributed by atoms with Crippen LogP contribution in [0.25, 0.3) is 0 Å². The minimum atomic E-state index is -0.657. The molecule has 0 heterocycles. The molecule has 156 valence electrons. The van der Waals surface area contributed by atoms with Gasteiger partial charge in [-0.25, -0.2) is 0 Å². The Morgan fingerprint density at radius 3 is 2.00 bits per heavy atom. The molecule has 1 amide bonds. The van der Waals surface area contributed by atoms with E-state index in [-0.39, 0.29) is 17.9 Å². The highest BCUT2D eigenvalue weighted by Gasteiger charge is 2.26. The number of hydrogen-bond donors (Lipinski definition) is 1. The van der Waals surface area contributed by atoms with Crippen molar-refractivity contribution in [3.8, 4) is 0 Å². The summed E-state index contributed by atoms with van der Waals surface area (Å²) in [7, 11) is 1.55. The number of benzene rings is 3. The second-order valence-electron chi connectivity index (χ2n) is 7.31. The zero-order chi connectivity index (χ0) is 21.5. The molecule has 3 unspecified atom stereocenters. The first-order chi connectivity index (χ1) is 14.5. The molecule has 3 aromatic rings. The maximum Gasteiger partial charge on any atom is 0.253 e. The number of ether oxygens (including phenoxy) is 1. The van der Waals surface area contributed by atoms with Crippen molar-refractivity contribution in [2.75, 3.05) is 7.11 Å². The lowest BCUT2D eigenvalue weighted by Gasteiger charge is -2.27. The molecule has 30 heavy (non-hydrogen) atoms. The lowest BCUT2D eigenvalue weighted by Crippen LogP contribution is -2.41. The molecule has 0 aliphatic rings. The van der Waals surface area contributed by atoms with Crippen LogP contribution in [0.1, 0.15) is 35.6 Å². The Bertz CT molecular complexity index is 943. The highest BCUT2D eigenvalue weighted by atomic mass is 35.5. The van der Waals surface area contributed by atoms with Gasteiger partial charge in [-0.3, -0.25) is 4.79 Å². The van der Waals surface area contributed by atoms with Crippen LogP contribution in [0.3, 0.4) is 0 Å². The van der Waals surface area contributed by atoms with Crippen LogP contribution in [0.15, 0.2) is 78.9 Å². The first kappa shape index (κ1) is 22.4. The summed E-state index contributed by atoms with van der Waals surface area (Å²) in [4.78, 5) is 13.0. The third-order valence-electron chi connectivity index (χ3n) is 5.22. The smallest absolute Gasteiger partial charge is 0.253 e. The Morgan fingerprint density at radius 2 is 1.43 bits per heavy atom. The normalized spacial score (nSPS) is 14.0. The standard InChI is InChI=1S/C25H25Cl2NO2/c1-17(28-25(29)24(30-2)20-6-4-3-5-7-20)23(19-10-14-22(27)15-11-19)16-18-8-12-21(26)13-9-18/h3-15,17,23-24H,16H2,1-2H3,(H,28,29). The Morgan fingerprint density at radius 1 is 0.867 bits per heavy atom. The van der Waals surface area contributed by atoms with Crippen molar-refractivity contribution in [1.82, 2.24) is 5.32 Å². The summed E-state index contributed by atoms with van der Waals surface area (Å²) >= 11 is 12.1. The van der Waals surface area contributed by atoms with Crippen molar-refractivity contribution < 1.29 is 9.53 Å². The molecule has 5 heteroatoms. The van der Waals surface area contributed by atoms with Gasteiger partial charge in [-0.2, -0.15) is 0 Å². The van der Waals surface area contributed by atoms with Crippen molar-refractivity contribution in [2.24, 2.45) is 0 Å². The maximum absolute atomic E-state index is 13.0. The van der Waals surface area contributed by atoms with E-state index in [2.05, 4.69) is 5.32 Å². The Balaban J connectivity index is 1.81. The third-order valence-corrected chi connectivity index (χ3v) is 5.72. The molecule has 0 aliphatic heterocycles. The highest BCUT2D eigenvalue weighted by Crippen LogP contribution is 2.27. The summed E-state index contributed by atoms with van der Waals surface area (Å²) in [6.07, 6.45) is 0.0958. The summed E-state index contributed by atoms with van der Waals surface area (Å²) in [5.41, 5.74) is 3.08. The molecule has 3 nitrogen and oxygen atoms in total. The SMILES string of the molecule is COC(C(=O)NC(C)C(Cc1ccc(Cl)cc1)c1ccc(Cl)cc1)c1ccccc1. The van der Waals surface area contributed by atoms with Gasteiger partial charge in [0, 0.05) is 29.1 Å². The molecule has 3 atom stereocenters. The molecule has 0 aliphatic carbocycles. The van der Waals surface area contributed by atoms with Crippen LogP contribution >= 0.6 is 23.2 Å². The summed E-state index contributed by atoms with van der Waals surface area (Å²) in [6.45, 7) is 2.02. The maximum atomic E-state index is 13.0. The van der Waals surface area contributed by atoms with E-state index in [0.717, 1.165) is 23.1 Å². The van der Waals surface area contributed by atoms with Crippen LogP contribution in [0, 0.1) is 0 Å². The van der Waals surface area contributed by atoms with Crippen LogP contribution in [0.2, 0.25) is 10.0 Å². The first-order valence-corrected chi connectivity index (χ1v) is 10.6. The molecule has 3 rings (SSSR count). The topological polar surface area (TPSA) is 38.3 Å². The van der Waals surface area contributed by atoms with Crippen molar-refractivity contribution in [1.29, 1.82) is 0 Å². The van der Waals surface area contributed by atoms with Crippen LogP contribution in [0.5, 0.6) is 0 Å². The van der Waals surface area contributed by atoms with E-state index < -0.39 is 6.10 Å². The van der Waals surface area contributed by atoms with Gasteiger partial charge in [0.05, 0.1) is 0 Å². The molecule has 0 saturated carbocycles. The summed E-state index contributed by atoms with van der Waals surface area (Å²) < 4.78 is 5.49. The van der Waals surface area contributed by atoms with Gasteiger partial charge in [0.15, 0.2) is 6.10 Å². The minimum Gasteiger partial charge on any atom is -0.367 e. The van der Waals surface area contributed by atoms with Crippen LogP contribution in [-0.4, -0.2) is 19.1 Å². The van der Waals surface area contributed by atoms with E-state index >= 15 is 0 Å². The van der Waals surface area contributed by atoms with Gasteiger partial charge < -0.3 is 10.1 Å². The number of carbonyl (C=O) groups excluding carboxylic acids is 1. The van der Waals surface area contributed by atoms with Gasteiger partial charge in [0.2, 0.25) is 0 Å². The molecule has 0 saturated heterocycles. The Labute approximate surface area is 188 Å². The van der Waals surface area contributed by atoms with Gasteiger partial charge in [-0.15, -0.1) is 0 Å². The fourth-order valence-electron chi connectivity index (χ4n) is 3.59. The molecular formula is C25H25Cl2NO2. The van der Waals surface area contributed by atoms with Gasteiger partial charge in [0.1, 0.15) is 0 Å². The predicted octanol–water partition coefficient (Wildman–Crippen LogP) is 6.21. The summed E-state index contributed by atoms with van der Waals surface area (Å²) in [5, 5.41) is 4.54. The number of rotatable bonds is 8. The summed E-state index contributed by atoms with van der Waals surface area (Å²) in [6, 6.07) is 24.9. The number of amides is 1. The van der Waals surface area contributed by atoms with Crippen LogP contribution in [0.4, 0.5) is 0 Å². The first-order valence-electron chi connectivity index (χ1n) is 9.86. The highest BCUT2D eigenvalue weighted by molar-refractivity contribution is 6.30. The van der Waals surface area contributed by atoms with Crippen LogP contribution < -0.4 is 5.32 Å². The fraction of sp³-hybridized carbons (Fsp3) is 0.240.